The zero-order valence-corrected chi connectivity index (χ0v) is 15.7. The molecule has 8 heteroatoms. The summed E-state index contributed by atoms with van der Waals surface area (Å²) in [6, 6.07) is 4.95. The van der Waals surface area contributed by atoms with Crippen molar-refractivity contribution in [2.45, 2.75) is 19.8 Å². The standard InChI is InChI=1S/C19H22N6O2/c1-12-16(17(22-24(12)3)25-8-4-5-9-25)21-18(26)13-6-7-14-15(10-13)20-11-23(2)19(14)27/h6-7,10-11H,4-5,8-9H2,1-3H3,(H,21,26). The lowest BCUT2D eigenvalue weighted by molar-refractivity contribution is 0.102. The lowest BCUT2D eigenvalue weighted by Crippen LogP contribution is -2.21. The number of anilines is 2. The molecule has 1 amide bonds. The van der Waals surface area contributed by atoms with Crippen molar-refractivity contribution in [3.63, 3.8) is 0 Å². The Morgan fingerprint density at radius 1 is 1.19 bits per heavy atom. The molecule has 1 saturated heterocycles. The third kappa shape index (κ3) is 2.97. The van der Waals surface area contributed by atoms with Crippen molar-refractivity contribution in [1.82, 2.24) is 19.3 Å². The van der Waals surface area contributed by atoms with E-state index in [0.29, 0.717) is 16.5 Å². The Hall–Kier alpha value is -3.16. The summed E-state index contributed by atoms with van der Waals surface area (Å²) in [5, 5.41) is 8.08. The highest BCUT2D eigenvalue weighted by Crippen LogP contribution is 2.31. The molecule has 8 nitrogen and oxygen atoms in total. The van der Waals surface area contributed by atoms with Gasteiger partial charge in [-0.05, 0) is 38.0 Å². The zero-order valence-electron chi connectivity index (χ0n) is 15.7. The average molecular weight is 366 g/mol. The summed E-state index contributed by atoms with van der Waals surface area (Å²) in [6.45, 7) is 3.83. The first-order valence-corrected chi connectivity index (χ1v) is 9.01. The third-order valence-corrected chi connectivity index (χ3v) is 5.14. The smallest absolute Gasteiger partial charge is 0.260 e. The molecular weight excluding hydrogens is 344 g/mol. The maximum atomic E-state index is 12.9. The second-order valence-corrected chi connectivity index (χ2v) is 6.95. The van der Waals surface area contributed by atoms with E-state index in [2.05, 4.69) is 20.3 Å². The van der Waals surface area contributed by atoms with E-state index in [1.54, 1.807) is 29.9 Å². The van der Waals surface area contributed by atoms with Gasteiger partial charge >= 0.3 is 0 Å². The summed E-state index contributed by atoms with van der Waals surface area (Å²) in [4.78, 5) is 31.5. The number of amides is 1. The van der Waals surface area contributed by atoms with E-state index in [1.165, 1.54) is 10.9 Å². The van der Waals surface area contributed by atoms with Crippen molar-refractivity contribution in [1.29, 1.82) is 0 Å². The molecule has 0 atom stereocenters. The fourth-order valence-corrected chi connectivity index (χ4v) is 3.42. The summed E-state index contributed by atoms with van der Waals surface area (Å²) in [5.41, 5.74) is 2.47. The van der Waals surface area contributed by atoms with Gasteiger partial charge in [0.15, 0.2) is 5.82 Å². The highest BCUT2D eigenvalue weighted by atomic mass is 16.1. The molecule has 1 fully saturated rings. The average Bonchev–Trinajstić information content (AvgIpc) is 3.28. The van der Waals surface area contributed by atoms with Crippen LogP contribution in [-0.2, 0) is 14.1 Å². The highest BCUT2D eigenvalue weighted by molar-refractivity contribution is 6.07. The van der Waals surface area contributed by atoms with Crippen LogP contribution < -0.4 is 15.8 Å². The Bertz CT molecular complexity index is 1090. The van der Waals surface area contributed by atoms with Crippen molar-refractivity contribution >= 4 is 28.3 Å². The number of fused-ring (bicyclic) bond motifs is 1. The maximum Gasteiger partial charge on any atom is 0.260 e. The monoisotopic (exact) mass is 366 g/mol. The van der Waals surface area contributed by atoms with Crippen LogP contribution in [0.1, 0.15) is 28.9 Å². The van der Waals surface area contributed by atoms with Crippen LogP contribution in [0.5, 0.6) is 0 Å². The van der Waals surface area contributed by atoms with Crippen LogP contribution in [0.4, 0.5) is 11.5 Å². The van der Waals surface area contributed by atoms with Gasteiger partial charge in [0.2, 0.25) is 0 Å². The van der Waals surface area contributed by atoms with Gasteiger partial charge in [0.1, 0.15) is 5.69 Å². The van der Waals surface area contributed by atoms with Gasteiger partial charge in [-0.15, -0.1) is 0 Å². The number of rotatable bonds is 3. The SMILES string of the molecule is Cc1c(NC(=O)c2ccc3c(=O)n(C)cnc3c2)c(N2CCCC2)nn1C. The van der Waals surface area contributed by atoms with Crippen LogP contribution in [0, 0.1) is 6.92 Å². The second kappa shape index (κ2) is 6.53. The molecular formula is C19H22N6O2. The Morgan fingerprint density at radius 3 is 2.67 bits per heavy atom. The number of hydrogen-bond donors (Lipinski definition) is 1. The van der Waals surface area contributed by atoms with Crippen molar-refractivity contribution in [3.8, 4) is 0 Å². The quantitative estimate of drug-likeness (QED) is 0.764. The predicted octanol–water partition coefficient (Wildman–Crippen LogP) is 1.83. The lowest BCUT2D eigenvalue weighted by atomic mass is 10.1. The third-order valence-electron chi connectivity index (χ3n) is 5.14. The van der Waals surface area contributed by atoms with E-state index in [4.69, 9.17) is 0 Å². The van der Waals surface area contributed by atoms with Crippen LogP contribution in [-0.4, -0.2) is 38.3 Å². The minimum absolute atomic E-state index is 0.133. The Kier molecular flexibility index (Phi) is 4.18. The maximum absolute atomic E-state index is 12.9. The topological polar surface area (TPSA) is 85.1 Å². The summed E-state index contributed by atoms with van der Waals surface area (Å²) < 4.78 is 3.21. The molecule has 4 rings (SSSR count). The molecule has 3 aromatic rings. The number of aryl methyl sites for hydroxylation is 2. The summed E-state index contributed by atoms with van der Waals surface area (Å²) in [5.74, 6) is 0.574. The van der Waals surface area contributed by atoms with Crippen molar-refractivity contribution in [2.24, 2.45) is 14.1 Å². The van der Waals surface area contributed by atoms with Gasteiger partial charge in [0.25, 0.3) is 11.5 Å². The largest absolute Gasteiger partial charge is 0.353 e. The number of nitrogens with one attached hydrogen (secondary N) is 1. The number of carbonyl (C=O) groups excluding carboxylic acids is 1. The van der Waals surface area contributed by atoms with E-state index in [-0.39, 0.29) is 11.5 Å². The minimum Gasteiger partial charge on any atom is -0.353 e. The fourth-order valence-electron chi connectivity index (χ4n) is 3.42. The molecule has 2 aromatic heterocycles. The molecule has 3 heterocycles. The first kappa shape index (κ1) is 17.3. The van der Waals surface area contributed by atoms with Gasteiger partial charge in [0, 0.05) is 32.7 Å². The molecule has 0 bridgehead atoms. The highest BCUT2D eigenvalue weighted by Gasteiger charge is 2.23. The molecule has 0 radical (unpaired) electrons. The van der Waals surface area contributed by atoms with Gasteiger partial charge < -0.3 is 14.8 Å². The minimum atomic E-state index is -0.240. The van der Waals surface area contributed by atoms with Crippen LogP contribution in [0.15, 0.2) is 29.3 Å². The van der Waals surface area contributed by atoms with E-state index >= 15 is 0 Å². The Morgan fingerprint density at radius 2 is 1.93 bits per heavy atom. The van der Waals surface area contributed by atoms with Crippen molar-refractivity contribution in [3.05, 3.63) is 46.1 Å². The van der Waals surface area contributed by atoms with Crippen LogP contribution in [0.3, 0.4) is 0 Å². The predicted molar refractivity (Wildman–Crippen MR) is 104 cm³/mol. The van der Waals surface area contributed by atoms with Gasteiger partial charge in [-0.25, -0.2) is 4.98 Å². The van der Waals surface area contributed by atoms with Gasteiger partial charge in [-0.1, -0.05) is 0 Å². The number of aromatic nitrogens is 4. The summed E-state index contributed by atoms with van der Waals surface area (Å²) >= 11 is 0. The van der Waals surface area contributed by atoms with E-state index in [0.717, 1.165) is 43.1 Å². The molecule has 140 valence electrons. The number of nitrogens with zero attached hydrogens (tertiary/aromatic N) is 5. The molecule has 1 aromatic carbocycles. The van der Waals surface area contributed by atoms with Crippen molar-refractivity contribution < 1.29 is 4.79 Å². The van der Waals surface area contributed by atoms with Gasteiger partial charge in [-0.3, -0.25) is 14.3 Å². The molecule has 27 heavy (non-hydrogen) atoms. The number of hydrogen-bond acceptors (Lipinski definition) is 5. The fraction of sp³-hybridized carbons (Fsp3) is 0.368. The molecule has 0 unspecified atom stereocenters. The first-order valence-electron chi connectivity index (χ1n) is 9.01. The molecule has 0 aliphatic carbocycles. The molecule has 1 aliphatic rings. The zero-order chi connectivity index (χ0) is 19.1. The lowest BCUT2D eigenvalue weighted by Gasteiger charge is -2.16. The number of carbonyl (C=O) groups is 1. The summed E-state index contributed by atoms with van der Waals surface area (Å²) in [7, 11) is 3.53. The van der Waals surface area contributed by atoms with Crippen LogP contribution in [0.25, 0.3) is 10.9 Å². The summed E-state index contributed by atoms with van der Waals surface area (Å²) in [6.07, 6.45) is 3.73. The van der Waals surface area contributed by atoms with Crippen LogP contribution in [0.2, 0.25) is 0 Å². The van der Waals surface area contributed by atoms with E-state index < -0.39 is 0 Å². The second-order valence-electron chi connectivity index (χ2n) is 6.95. The Balaban J connectivity index is 1.68. The molecule has 1 N–H and O–H groups in total. The molecule has 0 saturated carbocycles. The van der Waals surface area contributed by atoms with E-state index in [1.807, 2.05) is 14.0 Å². The molecule has 1 aliphatic heterocycles. The van der Waals surface area contributed by atoms with E-state index in [9.17, 15) is 9.59 Å². The Labute approximate surface area is 156 Å². The van der Waals surface area contributed by atoms with Gasteiger partial charge in [-0.2, -0.15) is 5.10 Å². The van der Waals surface area contributed by atoms with Crippen molar-refractivity contribution in [2.75, 3.05) is 23.3 Å². The number of benzene rings is 1. The van der Waals surface area contributed by atoms with Gasteiger partial charge in [0.05, 0.1) is 22.9 Å². The first-order chi connectivity index (χ1) is 13.0. The molecule has 0 spiro atoms. The normalized spacial score (nSPS) is 14.1. The van der Waals surface area contributed by atoms with Crippen LogP contribution >= 0.6 is 0 Å².